The molecule has 0 radical (unpaired) electrons. The molecule has 0 fully saturated rings. The first-order valence-corrected chi connectivity index (χ1v) is 11.3. The van der Waals surface area contributed by atoms with Gasteiger partial charge in [0.1, 0.15) is 0 Å². The average Bonchev–Trinajstić information content (AvgIpc) is 2.56. The molecule has 0 atom stereocenters. The number of halogens is 4. The number of nitrogens with two attached hydrogens (primary N) is 1. The van der Waals surface area contributed by atoms with E-state index in [0.717, 1.165) is 6.54 Å². The predicted octanol–water partition coefficient (Wildman–Crippen LogP) is 7.80. The van der Waals surface area contributed by atoms with Crippen LogP contribution in [-0.2, 0) is 0 Å². The first-order valence-electron chi connectivity index (χ1n) is 11.3. The van der Waals surface area contributed by atoms with Crippen molar-refractivity contribution in [2.75, 3.05) is 27.7 Å². The lowest BCUT2D eigenvalue weighted by atomic mass is 10.0. The van der Waals surface area contributed by atoms with Gasteiger partial charge >= 0.3 is 8.68 Å². The van der Waals surface area contributed by atoms with Crippen LogP contribution in [0.1, 0.15) is 111 Å². The van der Waals surface area contributed by atoms with E-state index in [0.29, 0.717) is 0 Å². The molecule has 0 aromatic heterocycles. The van der Waals surface area contributed by atoms with Gasteiger partial charge in [0.05, 0.1) is 0 Å². The minimum Gasteiger partial charge on any atom is -0.418 e. The number of hydrogen-bond acceptors (Lipinski definition) is 2. The third-order valence-electron chi connectivity index (χ3n) is 4.06. The highest BCUT2D eigenvalue weighted by Crippen LogP contribution is 2.13. The lowest BCUT2D eigenvalue weighted by Gasteiger charge is -2.03. The van der Waals surface area contributed by atoms with Gasteiger partial charge in [-0.3, -0.25) is 0 Å². The number of unbranched alkanes of at least 4 members (excludes halogenated alkanes) is 15. The smallest absolute Gasteiger partial charge is 0.418 e. The van der Waals surface area contributed by atoms with Crippen LogP contribution >= 0.6 is 0 Å². The molecule has 0 aromatic rings. The van der Waals surface area contributed by atoms with Gasteiger partial charge in [0.25, 0.3) is 0 Å². The van der Waals surface area contributed by atoms with Gasteiger partial charge < -0.3 is 27.9 Å². The van der Waals surface area contributed by atoms with Crippen molar-refractivity contribution in [1.82, 2.24) is 4.90 Å². The normalized spacial score (nSPS) is 10.9. The second kappa shape index (κ2) is 26.7. The fourth-order valence-electron chi connectivity index (χ4n) is 2.69. The van der Waals surface area contributed by atoms with Gasteiger partial charge in [0, 0.05) is 0 Å². The molecule has 0 saturated carbocycles. The van der Waals surface area contributed by atoms with Crippen LogP contribution in [0.2, 0.25) is 0 Å². The van der Waals surface area contributed by atoms with E-state index in [2.05, 4.69) is 6.92 Å². The molecule has 0 aromatic carbocycles. The first kappa shape index (κ1) is 32.4. The van der Waals surface area contributed by atoms with Crippen molar-refractivity contribution in [2.45, 2.75) is 110 Å². The highest BCUT2D eigenvalue weighted by molar-refractivity contribution is 6.50. The fourth-order valence-corrected chi connectivity index (χ4v) is 2.69. The van der Waals surface area contributed by atoms with Crippen LogP contribution in [0, 0.1) is 0 Å². The van der Waals surface area contributed by atoms with E-state index in [9.17, 15) is 17.3 Å². The molecule has 28 heavy (non-hydrogen) atoms. The maximum absolute atomic E-state index is 9.75. The van der Waals surface area contributed by atoms with Crippen LogP contribution in [0.15, 0.2) is 0 Å². The van der Waals surface area contributed by atoms with Crippen molar-refractivity contribution in [3.8, 4) is 0 Å². The van der Waals surface area contributed by atoms with Crippen LogP contribution in [0.4, 0.5) is 17.3 Å². The van der Waals surface area contributed by atoms with Crippen molar-refractivity contribution < 1.29 is 18.7 Å². The van der Waals surface area contributed by atoms with E-state index in [-0.39, 0.29) is 1.43 Å². The second-order valence-corrected chi connectivity index (χ2v) is 7.93. The molecule has 0 heterocycles. The van der Waals surface area contributed by atoms with Gasteiger partial charge in [-0.1, -0.05) is 103 Å². The molecule has 0 rings (SSSR count). The zero-order chi connectivity index (χ0) is 22.1. The summed E-state index contributed by atoms with van der Waals surface area (Å²) in [4.78, 5) is 2.00. The van der Waals surface area contributed by atoms with Crippen LogP contribution < -0.4 is 5.73 Å². The van der Waals surface area contributed by atoms with E-state index >= 15 is 0 Å². The molecule has 0 bridgehead atoms. The van der Waals surface area contributed by atoms with E-state index in [1.165, 1.54) is 103 Å². The van der Waals surface area contributed by atoms with Gasteiger partial charge in [-0.2, -0.15) is 0 Å². The van der Waals surface area contributed by atoms with Crippen molar-refractivity contribution in [1.29, 1.82) is 0 Å². The maximum Gasteiger partial charge on any atom is 1.00 e. The van der Waals surface area contributed by atoms with Crippen molar-refractivity contribution in [2.24, 2.45) is 5.73 Å². The third-order valence-corrected chi connectivity index (χ3v) is 4.06. The van der Waals surface area contributed by atoms with Crippen LogP contribution in [-0.4, -0.2) is 39.8 Å². The molecular weight excluding hydrogens is 367 g/mol. The SMILES string of the molecule is CCCCCCCCCCCCCCCCCCN.CN(C)C.F[B-](F)(F)F.[H+]. The van der Waals surface area contributed by atoms with Crippen LogP contribution in [0.5, 0.6) is 0 Å². The number of hydrogen-bond donors (Lipinski definition) is 1. The predicted molar refractivity (Wildman–Crippen MR) is 120 cm³/mol. The lowest BCUT2D eigenvalue weighted by molar-refractivity contribution is 0.368. The molecule has 2 nitrogen and oxygen atoms in total. The second-order valence-electron chi connectivity index (χ2n) is 7.93. The molecule has 0 aliphatic carbocycles. The number of rotatable bonds is 16. The Hall–Kier alpha value is -0.295. The quantitative estimate of drug-likeness (QED) is 0.158. The molecular formula is C21H49BF4N2. The Morgan fingerprint density at radius 1 is 0.571 bits per heavy atom. The van der Waals surface area contributed by atoms with E-state index < -0.39 is 7.25 Å². The molecule has 0 aliphatic rings. The van der Waals surface area contributed by atoms with Gasteiger partial charge in [0.2, 0.25) is 0 Å². The Balaban J connectivity index is -0.000000261. The molecule has 0 unspecified atom stereocenters. The molecule has 0 aliphatic heterocycles. The summed E-state index contributed by atoms with van der Waals surface area (Å²) in [5.74, 6) is 0. The van der Waals surface area contributed by atoms with E-state index in [1.54, 1.807) is 0 Å². The Morgan fingerprint density at radius 2 is 0.750 bits per heavy atom. The minimum atomic E-state index is -6.00. The highest BCUT2D eigenvalue weighted by Gasteiger charge is 2.20. The van der Waals surface area contributed by atoms with E-state index in [1.807, 2.05) is 26.0 Å². The van der Waals surface area contributed by atoms with Gasteiger partial charge in [-0.15, -0.1) is 0 Å². The first-order chi connectivity index (χ1) is 13.1. The standard InChI is InChI=1S/C18H39N.C3H9N.BF4/c1-2-3-4-5-6-7-8-9-10-11-12-13-14-15-16-17-18-19;1-4(2)3;2-1(3,4)5/h2-19H2,1H3;1-3H3;/q;;-1/p+1. The molecule has 0 spiro atoms. The molecule has 0 amide bonds. The number of nitrogens with zero attached hydrogens (tertiary/aromatic N) is 1. The minimum absolute atomic E-state index is 0. The van der Waals surface area contributed by atoms with Crippen molar-refractivity contribution in [3.05, 3.63) is 0 Å². The summed E-state index contributed by atoms with van der Waals surface area (Å²) < 4.78 is 39.0. The van der Waals surface area contributed by atoms with Crippen LogP contribution in [0.25, 0.3) is 0 Å². The van der Waals surface area contributed by atoms with Crippen molar-refractivity contribution >= 4 is 7.25 Å². The van der Waals surface area contributed by atoms with Crippen LogP contribution in [0.3, 0.4) is 0 Å². The Kier molecular flexibility index (Phi) is 30.9. The van der Waals surface area contributed by atoms with Gasteiger partial charge in [0.15, 0.2) is 0 Å². The van der Waals surface area contributed by atoms with Gasteiger partial charge in [-0.25, -0.2) is 0 Å². The molecule has 7 heteroatoms. The van der Waals surface area contributed by atoms with Gasteiger partial charge in [-0.05, 0) is 34.1 Å². The Labute approximate surface area is 174 Å². The summed E-state index contributed by atoms with van der Waals surface area (Å²) >= 11 is 0. The van der Waals surface area contributed by atoms with E-state index in [4.69, 9.17) is 5.73 Å². The Bertz CT molecular complexity index is 247. The average molecular weight is 416 g/mol. The molecule has 174 valence electrons. The summed E-state index contributed by atoms with van der Waals surface area (Å²) in [7, 11) is 0. The lowest BCUT2D eigenvalue weighted by Crippen LogP contribution is -2.02. The summed E-state index contributed by atoms with van der Waals surface area (Å²) in [5.41, 5.74) is 5.48. The zero-order valence-corrected chi connectivity index (χ0v) is 19.1. The molecule has 2 N–H and O–H groups in total. The fraction of sp³-hybridized carbons (Fsp3) is 1.00. The zero-order valence-electron chi connectivity index (χ0n) is 20.1. The summed E-state index contributed by atoms with van der Waals surface area (Å²) in [5, 5.41) is 0. The summed E-state index contributed by atoms with van der Waals surface area (Å²) in [6, 6.07) is 0. The molecule has 0 saturated heterocycles. The monoisotopic (exact) mass is 416 g/mol. The topological polar surface area (TPSA) is 29.3 Å². The summed E-state index contributed by atoms with van der Waals surface area (Å²) in [6.07, 6.45) is 22.9. The van der Waals surface area contributed by atoms with Crippen molar-refractivity contribution in [3.63, 3.8) is 0 Å². The Morgan fingerprint density at radius 3 is 0.929 bits per heavy atom. The largest absolute Gasteiger partial charge is 1.00 e. The third kappa shape index (κ3) is 63.6. The summed E-state index contributed by atoms with van der Waals surface area (Å²) in [6.45, 7) is 3.16. The highest BCUT2D eigenvalue weighted by atomic mass is 19.5. The maximum atomic E-state index is 9.75.